The van der Waals surface area contributed by atoms with Gasteiger partial charge in [-0.15, -0.1) is 0 Å². The number of piperidine rings is 1. The van der Waals surface area contributed by atoms with Crippen molar-refractivity contribution in [2.75, 3.05) is 19.6 Å². The van der Waals surface area contributed by atoms with Gasteiger partial charge in [0.25, 0.3) is 0 Å². The zero-order chi connectivity index (χ0) is 18.4. The van der Waals surface area contributed by atoms with E-state index in [-0.39, 0.29) is 11.8 Å². The molecule has 2 aromatic carbocycles. The topological polar surface area (TPSA) is 28.1 Å². The maximum Gasteiger partial charge on any atom is 0.200 e. The highest BCUT2D eigenvalue weighted by Gasteiger charge is 2.51. The van der Waals surface area contributed by atoms with Crippen LogP contribution >= 0.6 is 15.9 Å². The summed E-state index contributed by atoms with van der Waals surface area (Å²) in [4.78, 5) is 2.50. The van der Waals surface area contributed by atoms with Crippen molar-refractivity contribution in [1.29, 1.82) is 0 Å². The van der Waals surface area contributed by atoms with Crippen LogP contribution in [0.2, 0.25) is 0 Å². The molecular formula is C22H24BrN3O. The van der Waals surface area contributed by atoms with E-state index >= 15 is 0 Å². The molecule has 1 unspecified atom stereocenters. The van der Waals surface area contributed by atoms with Crippen LogP contribution in [-0.4, -0.2) is 41.0 Å². The molecule has 27 heavy (non-hydrogen) atoms. The first kappa shape index (κ1) is 17.3. The molecule has 140 valence electrons. The highest BCUT2D eigenvalue weighted by atomic mass is 79.9. The molecule has 0 amide bonds. The number of ether oxygens (including phenoxy) is 1. The van der Waals surface area contributed by atoms with Gasteiger partial charge in [-0.3, -0.25) is 0 Å². The number of hydrogen-bond donors (Lipinski definition) is 0. The van der Waals surface area contributed by atoms with Gasteiger partial charge in [-0.2, -0.15) is 5.10 Å². The quantitative estimate of drug-likeness (QED) is 0.691. The minimum absolute atomic E-state index is 0.245. The first-order valence-corrected chi connectivity index (χ1v) is 10.6. The van der Waals surface area contributed by atoms with Crippen LogP contribution < -0.4 is 4.74 Å². The van der Waals surface area contributed by atoms with E-state index in [1.807, 2.05) is 0 Å². The Balaban J connectivity index is 1.57. The molecule has 0 aliphatic carbocycles. The number of nitrogens with zero attached hydrogens (tertiary/aromatic N) is 3. The number of rotatable bonds is 2. The van der Waals surface area contributed by atoms with Gasteiger partial charge < -0.3 is 9.64 Å². The molecule has 1 spiro atoms. The van der Waals surface area contributed by atoms with Crippen molar-refractivity contribution < 1.29 is 4.74 Å². The summed E-state index contributed by atoms with van der Waals surface area (Å²) in [7, 11) is 0. The predicted octanol–water partition coefficient (Wildman–Crippen LogP) is 4.80. The summed E-state index contributed by atoms with van der Waals surface area (Å²) in [5, 5.41) is 7.42. The molecule has 5 heteroatoms. The van der Waals surface area contributed by atoms with Crippen LogP contribution in [0.25, 0.3) is 0 Å². The summed E-state index contributed by atoms with van der Waals surface area (Å²) in [5.41, 5.74) is 3.29. The second kappa shape index (κ2) is 6.64. The normalized spacial score (nSPS) is 23.6. The molecule has 1 fully saturated rings. The number of likely N-dealkylation sites (tertiary alicyclic amines) is 1. The van der Waals surface area contributed by atoms with Crippen LogP contribution in [-0.2, 0) is 0 Å². The highest BCUT2D eigenvalue weighted by Crippen LogP contribution is 2.50. The molecule has 1 saturated heterocycles. The van der Waals surface area contributed by atoms with Crippen LogP contribution in [0.15, 0.2) is 58.1 Å². The monoisotopic (exact) mass is 425 g/mol. The van der Waals surface area contributed by atoms with Crippen LogP contribution in [0.4, 0.5) is 0 Å². The van der Waals surface area contributed by atoms with Crippen molar-refractivity contribution in [3.05, 3.63) is 64.1 Å². The fraction of sp³-hybridized carbons (Fsp3) is 0.409. The summed E-state index contributed by atoms with van der Waals surface area (Å²) >= 11 is 3.63. The number of hydrazone groups is 1. The Kier molecular flexibility index (Phi) is 4.25. The van der Waals surface area contributed by atoms with Gasteiger partial charge in [0, 0.05) is 42.4 Å². The zero-order valence-electron chi connectivity index (χ0n) is 15.6. The van der Waals surface area contributed by atoms with Gasteiger partial charge in [0.15, 0.2) is 0 Å². The van der Waals surface area contributed by atoms with E-state index in [4.69, 9.17) is 9.84 Å². The molecule has 3 aliphatic heterocycles. The molecule has 0 saturated carbocycles. The number of fused-ring (bicyclic) bond motifs is 4. The second-order valence-electron chi connectivity index (χ2n) is 7.64. The number of halogens is 1. The van der Waals surface area contributed by atoms with E-state index in [2.05, 4.69) is 81.3 Å². The Morgan fingerprint density at radius 2 is 1.93 bits per heavy atom. The largest absolute Gasteiger partial charge is 0.466 e. The van der Waals surface area contributed by atoms with Crippen molar-refractivity contribution >= 4 is 21.6 Å². The summed E-state index contributed by atoms with van der Waals surface area (Å²) in [5.74, 6) is 1.02. The fourth-order valence-electron chi connectivity index (χ4n) is 4.61. The summed E-state index contributed by atoms with van der Waals surface area (Å²) in [6.45, 7) is 5.45. The smallest absolute Gasteiger partial charge is 0.200 e. The van der Waals surface area contributed by atoms with Crippen molar-refractivity contribution in [2.45, 2.75) is 38.0 Å². The number of benzene rings is 2. The average molecular weight is 426 g/mol. The first-order valence-electron chi connectivity index (χ1n) is 9.81. The van der Waals surface area contributed by atoms with Crippen molar-refractivity contribution in [1.82, 2.24) is 9.91 Å². The average Bonchev–Trinajstić information content (AvgIpc) is 3.17. The maximum atomic E-state index is 6.68. The first-order chi connectivity index (χ1) is 13.2. The van der Waals surface area contributed by atoms with Gasteiger partial charge in [-0.1, -0.05) is 53.2 Å². The van der Waals surface area contributed by atoms with Crippen molar-refractivity contribution in [2.24, 2.45) is 5.10 Å². The Bertz CT molecular complexity index is 874. The molecular weight excluding hydrogens is 402 g/mol. The van der Waals surface area contributed by atoms with E-state index in [0.29, 0.717) is 0 Å². The molecule has 3 heterocycles. The van der Waals surface area contributed by atoms with Gasteiger partial charge in [0.05, 0.1) is 11.8 Å². The molecule has 1 atom stereocenters. The molecule has 0 N–H and O–H groups in total. The Morgan fingerprint density at radius 3 is 2.67 bits per heavy atom. The second-order valence-corrected chi connectivity index (χ2v) is 8.56. The van der Waals surface area contributed by atoms with E-state index in [9.17, 15) is 0 Å². The fourth-order valence-corrected chi connectivity index (χ4v) is 4.99. The van der Waals surface area contributed by atoms with E-state index in [1.165, 1.54) is 11.1 Å². The van der Waals surface area contributed by atoms with Gasteiger partial charge in [-0.25, -0.2) is 5.01 Å². The molecule has 0 bridgehead atoms. The Hall–Kier alpha value is -1.85. The van der Waals surface area contributed by atoms with Crippen molar-refractivity contribution in [3.8, 4) is 5.75 Å². The van der Waals surface area contributed by atoms with Gasteiger partial charge in [0.1, 0.15) is 5.75 Å². The molecule has 0 aromatic heterocycles. The van der Waals surface area contributed by atoms with E-state index in [0.717, 1.165) is 54.8 Å². The van der Waals surface area contributed by atoms with Crippen LogP contribution in [0, 0.1) is 0 Å². The van der Waals surface area contributed by atoms with Gasteiger partial charge in [0.2, 0.25) is 5.72 Å². The minimum atomic E-state index is -0.326. The van der Waals surface area contributed by atoms with E-state index < -0.39 is 0 Å². The Labute approximate surface area is 168 Å². The summed E-state index contributed by atoms with van der Waals surface area (Å²) in [6.07, 6.45) is 2.90. The number of hydrogen-bond acceptors (Lipinski definition) is 4. The lowest BCUT2D eigenvalue weighted by molar-refractivity contribution is -0.149. The van der Waals surface area contributed by atoms with Gasteiger partial charge >= 0.3 is 0 Å². The van der Waals surface area contributed by atoms with E-state index in [1.54, 1.807) is 0 Å². The van der Waals surface area contributed by atoms with Gasteiger partial charge in [-0.05, 0) is 30.3 Å². The van der Waals surface area contributed by atoms with Crippen LogP contribution in [0.5, 0.6) is 5.75 Å². The third-order valence-electron chi connectivity index (χ3n) is 6.15. The summed E-state index contributed by atoms with van der Waals surface area (Å²) < 4.78 is 7.77. The lowest BCUT2D eigenvalue weighted by atomic mass is 9.91. The summed E-state index contributed by atoms with van der Waals surface area (Å²) in [6, 6.07) is 17.2. The third-order valence-corrected chi connectivity index (χ3v) is 6.64. The zero-order valence-corrected chi connectivity index (χ0v) is 17.2. The molecule has 4 nitrogen and oxygen atoms in total. The predicted molar refractivity (Wildman–Crippen MR) is 111 cm³/mol. The van der Waals surface area contributed by atoms with Crippen molar-refractivity contribution in [3.63, 3.8) is 0 Å². The lowest BCUT2D eigenvalue weighted by Gasteiger charge is -2.51. The van der Waals surface area contributed by atoms with Crippen LogP contribution in [0.3, 0.4) is 0 Å². The minimum Gasteiger partial charge on any atom is -0.466 e. The van der Waals surface area contributed by atoms with Crippen LogP contribution in [0.1, 0.15) is 43.4 Å². The highest BCUT2D eigenvalue weighted by molar-refractivity contribution is 9.10. The maximum absolute atomic E-state index is 6.68. The third kappa shape index (κ3) is 2.88. The SMILES string of the molecule is CCN1CCC2(CC1)Oc1ccc(Br)cc1C1CC(c3ccccc3)=NN12. The molecule has 5 rings (SSSR count). The standard InChI is InChI=1S/C22H24BrN3O/c1-2-25-12-10-22(11-13-25)26-20(18-14-17(23)8-9-21(18)27-22)15-19(24-26)16-6-4-3-5-7-16/h3-9,14,20H,2,10-13,15H2,1H3. The Morgan fingerprint density at radius 1 is 1.15 bits per heavy atom. The molecule has 2 aromatic rings. The molecule has 3 aliphatic rings. The lowest BCUT2D eigenvalue weighted by Crippen LogP contribution is -2.59. The molecule has 0 radical (unpaired) electrons.